The van der Waals surface area contributed by atoms with E-state index in [1.807, 2.05) is 52.5 Å². The Kier molecular flexibility index (Phi) is 3.89. The Morgan fingerprint density at radius 1 is 1.14 bits per heavy atom. The minimum absolute atomic E-state index is 0.00128. The van der Waals surface area contributed by atoms with E-state index in [1.54, 1.807) is 12.5 Å². The molecule has 1 aromatic carbocycles. The Morgan fingerprint density at radius 2 is 2.04 bits per heavy atom. The molecule has 0 unspecified atom stereocenters. The van der Waals surface area contributed by atoms with Crippen molar-refractivity contribution < 1.29 is 4.79 Å². The highest BCUT2D eigenvalue weighted by Gasteiger charge is 2.26. The van der Waals surface area contributed by atoms with Crippen molar-refractivity contribution in [2.45, 2.75) is 26.3 Å². The predicted molar refractivity (Wildman–Crippen MR) is 104 cm³/mol. The van der Waals surface area contributed by atoms with Crippen LogP contribution in [0.15, 0.2) is 48.9 Å². The van der Waals surface area contributed by atoms with E-state index >= 15 is 0 Å². The molecule has 1 amide bonds. The number of fused-ring (bicyclic) bond motifs is 2. The molecule has 1 atom stereocenters. The number of hydrogen-bond acceptors (Lipinski definition) is 5. The van der Waals surface area contributed by atoms with Crippen LogP contribution >= 0.6 is 0 Å². The Labute approximate surface area is 161 Å². The molecule has 0 saturated heterocycles. The number of carbonyl (C=O) groups is 1. The maximum absolute atomic E-state index is 12.7. The molecule has 8 heteroatoms. The van der Waals surface area contributed by atoms with Gasteiger partial charge in [0.05, 0.1) is 28.8 Å². The van der Waals surface area contributed by atoms with Crippen molar-refractivity contribution in [3.63, 3.8) is 0 Å². The fourth-order valence-corrected chi connectivity index (χ4v) is 3.66. The second kappa shape index (κ2) is 6.56. The van der Waals surface area contributed by atoms with Gasteiger partial charge in [-0.3, -0.25) is 9.36 Å². The molecular weight excluding hydrogens is 354 g/mol. The normalized spacial score (nSPS) is 16.1. The average molecular weight is 373 g/mol. The van der Waals surface area contributed by atoms with Crippen molar-refractivity contribution in [2.75, 3.05) is 5.32 Å². The minimum Gasteiger partial charge on any atom is -0.324 e. The maximum Gasteiger partial charge on any atom is 0.229 e. The van der Waals surface area contributed by atoms with E-state index in [2.05, 4.69) is 25.5 Å². The molecule has 0 spiro atoms. The van der Waals surface area contributed by atoms with Crippen LogP contribution < -0.4 is 5.32 Å². The number of carbonyl (C=O) groups excluding carboxylic acids is 1. The van der Waals surface area contributed by atoms with Crippen LogP contribution in [0.5, 0.6) is 0 Å². The van der Waals surface area contributed by atoms with Gasteiger partial charge in [-0.05, 0) is 37.6 Å². The zero-order chi connectivity index (χ0) is 19.1. The van der Waals surface area contributed by atoms with Crippen LogP contribution in [0.1, 0.15) is 18.1 Å². The number of pyridine rings is 1. The summed E-state index contributed by atoms with van der Waals surface area (Å²) in [5, 5.41) is 11.2. The summed E-state index contributed by atoms with van der Waals surface area (Å²) >= 11 is 0. The number of benzene rings is 1. The van der Waals surface area contributed by atoms with Gasteiger partial charge in [-0.1, -0.05) is 12.1 Å². The summed E-state index contributed by atoms with van der Waals surface area (Å²) in [5.74, 6) is 2.47. The molecule has 1 N–H and O–H groups in total. The molecule has 28 heavy (non-hydrogen) atoms. The van der Waals surface area contributed by atoms with Gasteiger partial charge in [-0.15, -0.1) is 10.2 Å². The summed E-state index contributed by atoms with van der Waals surface area (Å²) in [6.07, 6.45) is 4.98. The number of imidazole rings is 1. The molecule has 4 heterocycles. The third-order valence-corrected chi connectivity index (χ3v) is 5.22. The number of nitrogens with zero attached hydrogens (tertiary/aromatic N) is 6. The molecule has 5 rings (SSSR count). The van der Waals surface area contributed by atoms with Gasteiger partial charge in [0.25, 0.3) is 0 Å². The SMILES string of the molecule is Cc1nnc2n1C[C@@H](C(=O)Nc1ccc(-n3cnc4ccccc43)nc1)CC2. The molecule has 0 radical (unpaired) electrons. The van der Waals surface area contributed by atoms with Crippen LogP contribution in [0.25, 0.3) is 16.9 Å². The van der Waals surface area contributed by atoms with E-state index in [9.17, 15) is 4.79 Å². The zero-order valence-electron chi connectivity index (χ0n) is 15.4. The van der Waals surface area contributed by atoms with Crippen LogP contribution in [-0.4, -0.2) is 35.2 Å². The first-order chi connectivity index (χ1) is 13.7. The molecule has 0 fully saturated rings. The van der Waals surface area contributed by atoms with Crippen LogP contribution in [0.4, 0.5) is 5.69 Å². The van der Waals surface area contributed by atoms with E-state index in [-0.39, 0.29) is 11.8 Å². The fraction of sp³-hybridized carbons (Fsp3) is 0.250. The Bertz CT molecular complexity index is 1160. The lowest BCUT2D eigenvalue weighted by atomic mass is 9.98. The first-order valence-corrected chi connectivity index (χ1v) is 9.27. The highest BCUT2D eigenvalue weighted by Crippen LogP contribution is 2.22. The molecule has 3 aromatic heterocycles. The van der Waals surface area contributed by atoms with E-state index in [0.29, 0.717) is 12.2 Å². The van der Waals surface area contributed by atoms with Gasteiger partial charge in [0.2, 0.25) is 5.91 Å². The number of rotatable bonds is 3. The third-order valence-electron chi connectivity index (χ3n) is 5.22. The van der Waals surface area contributed by atoms with Crippen molar-refractivity contribution in [2.24, 2.45) is 5.92 Å². The summed E-state index contributed by atoms with van der Waals surface area (Å²) in [4.78, 5) is 21.6. The van der Waals surface area contributed by atoms with Gasteiger partial charge < -0.3 is 9.88 Å². The molecule has 1 aliphatic rings. The van der Waals surface area contributed by atoms with Crippen LogP contribution in [-0.2, 0) is 17.8 Å². The van der Waals surface area contributed by atoms with Gasteiger partial charge in [0.1, 0.15) is 23.8 Å². The standard InChI is InChI=1S/C20H19N7O/c1-13-24-25-19-8-6-14(11-26(13)19)20(28)23-15-7-9-18(21-10-15)27-12-22-16-4-2-3-5-17(16)27/h2-5,7,9-10,12,14H,6,8,11H2,1H3,(H,23,28)/t14-/m0/s1. The summed E-state index contributed by atoms with van der Waals surface area (Å²) in [6.45, 7) is 2.53. The Balaban J connectivity index is 1.31. The highest BCUT2D eigenvalue weighted by atomic mass is 16.1. The minimum atomic E-state index is -0.0977. The Hall–Kier alpha value is -3.55. The molecule has 0 saturated carbocycles. The third kappa shape index (κ3) is 2.83. The molecule has 0 aliphatic carbocycles. The van der Waals surface area contributed by atoms with E-state index in [4.69, 9.17) is 0 Å². The molecular formula is C20H19N7O. The van der Waals surface area contributed by atoms with Gasteiger partial charge in [0, 0.05) is 13.0 Å². The molecule has 140 valence electrons. The lowest BCUT2D eigenvalue weighted by molar-refractivity contribution is -0.120. The van der Waals surface area contributed by atoms with Crippen LogP contribution in [0.3, 0.4) is 0 Å². The number of para-hydroxylation sites is 2. The van der Waals surface area contributed by atoms with Crippen molar-refractivity contribution in [1.29, 1.82) is 0 Å². The topological polar surface area (TPSA) is 90.5 Å². The molecule has 4 aromatic rings. The van der Waals surface area contributed by atoms with E-state index in [0.717, 1.165) is 41.3 Å². The average Bonchev–Trinajstić information content (AvgIpc) is 3.32. The van der Waals surface area contributed by atoms with Crippen LogP contribution in [0, 0.1) is 12.8 Å². The summed E-state index contributed by atoms with van der Waals surface area (Å²) < 4.78 is 3.96. The molecule has 8 nitrogen and oxygen atoms in total. The number of aromatic nitrogens is 6. The highest BCUT2D eigenvalue weighted by molar-refractivity contribution is 5.92. The number of aryl methyl sites for hydroxylation is 2. The maximum atomic E-state index is 12.7. The predicted octanol–water partition coefficient (Wildman–Crippen LogP) is 2.52. The van der Waals surface area contributed by atoms with E-state index < -0.39 is 0 Å². The summed E-state index contributed by atoms with van der Waals surface area (Å²) in [5.41, 5.74) is 2.60. The lowest BCUT2D eigenvalue weighted by Gasteiger charge is -2.23. The summed E-state index contributed by atoms with van der Waals surface area (Å²) in [7, 11) is 0. The second-order valence-electron chi connectivity index (χ2n) is 7.01. The van der Waals surface area contributed by atoms with Gasteiger partial charge in [-0.25, -0.2) is 9.97 Å². The van der Waals surface area contributed by atoms with Crippen molar-refractivity contribution >= 4 is 22.6 Å². The smallest absolute Gasteiger partial charge is 0.229 e. The molecule has 0 bridgehead atoms. The fourth-order valence-electron chi connectivity index (χ4n) is 3.66. The van der Waals surface area contributed by atoms with Gasteiger partial charge >= 0.3 is 0 Å². The van der Waals surface area contributed by atoms with Crippen molar-refractivity contribution in [1.82, 2.24) is 29.3 Å². The summed E-state index contributed by atoms with van der Waals surface area (Å²) in [6, 6.07) is 11.7. The number of hydrogen-bond donors (Lipinski definition) is 1. The quantitative estimate of drug-likeness (QED) is 0.596. The van der Waals surface area contributed by atoms with Crippen molar-refractivity contribution in [3.8, 4) is 5.82 Å². The second-order valence-corrected chi connectivity index (χ2v) is 7.01. The number of nitrogens with one attached hydrogen (secondary N) is 1. The monoisotopic (exact) mass is 373 g/mol. The Morgan fingerprint density at radius 3 is 2.89 bits per heavy atom. The van der Waals surface area contributed by atoms with Gasteiger partial charge in [0.15, 0.2) is 0 Å². The van der Waals surface area contributed by atoms with Crippen molar-refractivity contribution in [3.05, 3.63) is 60.6 Å². The number of amides is 1. The number of anilines is 1. The molecule has 1 aliphatic heterocycles. The van der Waals surface area contributed by atoms with Crippen LogP contribution in [0.2, 0.25) is 0 Å². The largest absolute Gasteiger partial charge is 0.324 e. The lowest BCUT2D eigenvalue weighted by Crippen LogP contribution is -2.31. The first-order valence-electron chi connectivity index (χ1n) is 9.27. The van der Waals surface area contributed by atoms with Gasteiger partial charge in [-0.2, -0.15) is 0 Å². The zero-order valence-corrected chi connectivity index (χ0v) is 15.4. The first kappa shape index (κ1) is 16.6. The van der Waals surface area contributed by atoms with E-state index in [1.165, 1.54) is 0 Å².